The molecule has 1 aromatic carbocycles. The molecule has 2 unspecified atom stereocenters. The van der Waals surface area contributed by atoms with Gasteiger partial charge in [-0.1, -0.05) is 58.0 Å². The largest absolute Gasteiger partial charge is 0.326 e. The van der Waals surface area contributed by atoms with Gasteiger partial charge in [0.1, 0.15) is 0 Å². The summed E-state index contributed by atoms with van der Waals surface area (Å²) in [5.41, 5.74) is 1.48. The summed E-state index contributed by atoms with van der Waals surface area (Å²) in [7, 11) is 0. The van der Waals surface area contributed by atoms with Crippen LogP contribution >= 0.6 is 0 Å². The van der Waals surface area contributed by atoms with Gasteiger partial charge in [-0.25, -0.2) is 0 Å². The molecule has 1 fully saturated rings. The number of hydrogen-bond acceptors (Lipinski definition) is 2. The van der Waals surface area contributed by atoms with E-state index in [9.17, 15) is 4.79 Å². The van der Waals surface area contributed by atoms with Gasteiger partial charge in [0.05, 0.1) is 12.2 Å². The molecule has 116 valence electrons. The first-order chi connectivity index (χ1) is 9.90. The second kappa shape index (κ2) is 6.61. The second-order valence-electron chi connectivity index (χ2n) is 7.18. The average molecular weight is 288 g/mol. The van der Waals surface area contributed by atoms with Crippen molar-refractivity contribution in [3.05, 3.63) is 35.9 Å². The van der Waals surface area contributed by atoms with Gasteiger partial charge in [-0.15, -0.1) is 0 Å². The molecule has 1 aromatic rings. The van der Waals surface area contributed by atoms with Gasteiger partial charge in [-0.2, -0.15) is 0 Å². The van der Waals surface area contributed by atoms with E-state index in [0.717, 1.165) is 25.8 Å². The Morgan fingerprint density at radius 2 is 1.86 bits per heavy atom. The normalized spacial score (nSPS) is 22.9. The van der Waals surface area contributed by atoms with Crippen LogP contribution in [0.25, 0.3) is 0 Å². The first-order valence-electron chi connectivity index (χ1n) is 8.01. The lowest BCUT2D eigenvalue weighted by atomic mass is 9.92. The molecule has 1 saturated heterocycles. The van der Waals surface area contributed by atoms with E-state index in [1.165, 1.54) is 5.56 Å². The first-order valence-corrected chi connectivity index (χ1v) is 8.01. The SMILES string of the molecule is CCC1NC(Cc2ccccc2)C(=O)N1CCC(C)(C)C. The molecular formula is C18H28N2O. The second-order valence-corrected chi connectivity index (χ2v) is 7.18. The zero-order valence-corrected chi connectivity index (χ0v) is 13.7. The highest BCUT2D eigenvalue weighted by atomic mass is 16.2. The minimum absolute atomic E-state index is 0.0719. The van der Waals surface area contributed by atoms with Crippen molar-refractivity contribution in [3.8, 4) is 0 Å². The number of rotatable bonds is 5. The Hall–Kier alpha value is -1.35. The molecule has 0 saturated carbocycles. The zero-order valence-electron chi connectivity index (χ0n) is 13.7. The van der Waals surface area contributed by atoms with Crippen molar-refractivity contribution in [1.82, 2.24) is 10.2 Å². The number of amides is 1. The molecule has 3 heteroatoms. The van der Waals surface area contributed by atoms with E-state index in [2.05, 4.69) is 45.1 Å². The topological polar surface area (TPSA) is 32.3 Å². The van der Waals surface area contributed by atoms with Gasteiger partial charge in [0.2, 0.25) is 5.91 Å². The quantitative estimate of drug-likeness (QED) is 0.902. The molecule has 0 radical (unpaired) electrons. The van der Waals surface area contributed by atoms with Crippen LogP contribution in [-0.2, 0) is 11.2 Å². The van der Waals surface area contributed by atoms with E-state index in [1.807, 2.05) is 23.1 Å². The zero-order chi connectivity index (χ0) is 15.5. The van der Waals surface area contributed by atoms with Crippen molar-refractivity contribution in [2.45, 2.75) is 59.2 Å². The molecule has 2 rings (SSSR count). The lowest BCUT2D eigenvalue weighted by molar-refractivity contribution is -0.130. The summed E-state index contributed by atoms with van der Waals surface area (Å²) >= 11 is 0. The highest BCUT2D eigenvalue weighted by Gasteiger charge is 2.37. The fourth-order valence-corrected chi connectivity index (χ4v) is 2.80. The third kappa shape index (κ3) is 4.31. The highest BCUT2D eigenvalue weighted by Crippen LogP contribution is 2.23. The maximum absolute atomic E-state index is 12.7. The highest BCUT2D eigenvalue weighted by molar-refractivity contribution is 5.84. The fourth-order valence-electron chi connectivity index (χ4n) is 2.80. The van der Waals surface area contributed by atoms with Crippen LogP contribution in [0.15, 0.2) is 30.3 Å². The van der Waals surface area contributed by atoms with Crippen LogP contribution in [0.1, 0.15) is 46.1 Å². The van der Waals surface area contributed by atoms with Crippen LogP contribution in [0.3, 0.4) is 0 Å². The van der Waals surface area contributed by atoms with Gasteiger partial charge in [-0.3, -0.25) is 10.1 Å². The standard InChI is InChI=1S/C18H28N2O/c1-5-16-19-15(13-14-9-7-6-8-10-14)17(21)20(16)12-11-18(2,3)4/h6-10,15-16,19H,5,11-13H2,1-4H3. The van der Waals surface area contributed by atoms with Crippen molar-refractivity contribution < 1.29 is 4.79 Å². The summed E-state index contributed by atoms with van der Waals surface area (Å²) in [6, 6.07) is 10.2. The summed E-state index contributed by atoms with van der Waals surface area (Å²) < 4.78 is 0. The van der Waals surface area contributed by atoms with Gasteiger partial charge in [-0.05, 0) is 30.2 Å². The van der Waals surface area contributed by atoms with Crippen LogP contribution in [0, 0.1) is 5.41 Å². The third-order valence-corrected chi connectivity index (χ3v) is 4.12. The smallest absolute Gasteiger partial charge is 0.241 e. The molecule has 1 aliphatic heterocycles. The minimum Gasteiger partial charge on any atom is -0.326 e. The van der Waals surface area contributed by atoms with E-state index >= 15 is 0 Å². The lowest BCUT2D eigenvalue weighted by Crippen LogP contribution is -2.38. The number of carbonyl (C=O) groups excluding carboxylic acids is 1. The Bertz CT molecular complexity index is 464. The molecular weight excluding hydrogens is 260 g/mol. The monoisotopic (exact) mass is 288 g/mol. The summed E-state index contributed by atoms with van der Waals surface area (Å²) in [6.07, 6.45) is 2.96. The van der Waals surface area contributed by atoms with Crippen molar-refractivity contribution in [3.63, 3.8) is 0 Å². The first kappa shape index (κ1) is 16.0. The summed E-state index contributed by atoms with van der Waals surface area (Å²) in [5.74, 6) is 0.259. The van der Waals surface area contributed by atoms with Gasteiger partial charge in [0.15, 0.2) is 0 Å². The van der Waals surface area contributed by atoms with Gasteiger partial charge in [0, 0.05) is 6.54 Å². The van der Waals surface area contributed by atoms with Crippen molar-refractivity contribution in [2.24, 2.45) is 5.41 Å². The Kier molecular flexibility index (Phi) is 5.04. The molecule has 0 bridgehead atoms. The lowest BCUT2D eigenvalue weighted by Gasteiger charge is -2.27. The number of nitrogens with one attached hydrogen (secondary N) is 1. The van der Waals surface area contributed by atoms with E-state index in [1.54, 1.807) is 0 Å². The van der Waals surface area contributed by atoms with Crippen molar-refractivity contribution >= 4 is 5.91 Å². The molecule has 21 heavy (non-hydrogen) atoms. The predicted molar refractivity (Wildman–Crippen MR) is 86.9 cm³/mol. The molecule has 0 aliphatic carbocycles. The van der Waals surface area contributed by atoms with E-state index < -0.39 is 0 Å². The molecule has 2 atom stereocenters. The number of nitrogens with zero attached hydrogens (tertiary/aromatic N) is 1. The molecule has 3 nitrogen and oxygen atoms in total. The molecule has 1 aliphatic rings. The maximum Gasteiger partial charge on any atom is 0.241 e. The molecule has 0 spiro atoms. The average Bonchev–Trinajstić information content (AvgIpc) is 2.73. The van der Waals surface area contributed by atoms with Gasteiger partial charge >= 0.3 is 0 Å². The van der Waals surface area contributed by atoms with Crippen LogP contribution in [0.2, 0.25) is 0 Å². The van der Waals surface area contributed by atoms with E-state index in [-0.39, 0.29) is 23.5 Å². The predicted octanol–water partition coefficient (Wildman–Crippen LogP) is 3.20. The minimum atomic E-state index is -0.0719. The summed E-state index contributed by atoms with van der Waals surface area (Å²) in [6.45, 7) is 9.66. The van der Waals surface area contributed by atoms with Crippen LogP contribution < -0.4 is 5.32 Å². The Labute approximate surface area is 128 Å². The summed E-state index contributed by atoms with van der Waals surface area (Å²) in [4.78, 5) is 14.7. The summed E-state index contributed by atoms with van der Waals surface area (Å²) in [5, 5.41) is 3.50. The van der Waals surface area contributed by atoms with E-state index in [0.29, 0.717) is 0 Å². The van der Waals surface area contributed by atoms with Crippen LogP contribution in [0.5, 0.6) is 0 Å². The van der Waals surface area contributed by atoms with Crippen molar-refractivity contribution in [1.29, 1.82) is 0 Å². The Balaban J connectivity index is 2.01. The fraction of sp³-hybridized carbons (Fsp3) is 0.611. The van der Waals surface area contributed by atoms with Crippen LogP contribution in [-0.4, -0.2) is 29.6 Å². The molecule has 1 amide bonds. The molecule has 1 heterocycles. The maximum atomic E-state index is 12.7. The molecule has 1 N–H and O–H groups in total. The van der Waals surface area contributed by atoms with Gasteiger partial charge < -0.3 is 4.90 Å². The van der Waals surface area contributed by atoms with Crippen molar-refractivity contribution in [2.75, 3.05) is 6.54 Å². The molecule has 0 aromatic heterocycles. The number of hydrogen-bond donors (Lipinski definition) is 1. The number of benzene rings is 1. The van der Waals surface area contributed by atoms with Crippen LogP contribution in [0.4, 0.5) is 0 Å². The third-order valence-electron chi connectivity index (χ3n) is 4.12. The van der Waals surface area contributed by atoms with E-state index in [4.69, 9.17) is 0 Å². The number of carbonyl (C=O) groups is 1. The Morgan fingerprint density at radius 3 is 2.43 bits per heavy atom. The Morgan fingerprint density at radius 1 is 1.19 bits per heavy atom. The van der Waals surface area contributed by atoms with Gasteiger partial charge in [0.25, 0.3) is 0 Å².